The molecule has 0 aliphatic carbocycles. The molecule has 1 aromatic carbocycles. The SMILES string of the molecule is COc1cc(C(C)NOCC(F)(F)F)ccc1O. The molecule has 2 N–H and O–H groups in total. The number of halogens is 3. The number of methoxy groups -OCH3 is 1. The zero-order valence-electron chi connectivity index (χ0n) is 9.91. The Labute approximate surface area is 102 Å². The van der Waals surface area contributed by atoms with Gasteiger partial charge in [0, 0.05) is 0 Å². The van der Waals surface area contributed by atoms with Crippen molar-refractivity contribution in [3.05, 3.63) is 23.8 Å². The molecule has 0 amide bonds. The van der Waals surface area contributed by atoms with Gasteiger partial charge in [0.2, 0.25) is 0 Å². The van der Waals surface area contributed by atoms with Gasteiger partial charge in [-0.2, -0.15) is 18.7 Å². The fourth-order valence-electron chi connectivity index (χ4n) is 1.28. The third-order valence-electron chi connectivity index (χ3n) is 2.20. The lowest BCUT2D eigenvalue weighted by Gasteiger charge is -2.16. The second-order valence-electron chi connectivity index (χ2n) is 3.67. The average Bonchev–Trinajstić information content (AvgIpc) is 2.27. The van der Waals surface area contributed by atoms with E-state index in [0.717, 1.165) is 0 Å². The molecule has 0 aliphatic heterocycles. The summed E-state index contributed by atoms with van der Waals surface area (Å²) in [5.74, 6) is 0.210. The summed E-state index contributed by atoms with van der Waals surface area (Å²) in [5.41, 5.74) is 2.90. The molecular weight excluding hydrogens is 251 g/mol. The monoisotopic (exact) mass is 265 g/mol. The Bertz CT molecular complexity index is 396. The molecule has 4 nitrogen and oxygen atoms in total. The van der Waals surface area contributed by atoms with Gasteiger partial charge >= 0.3 is 6.18 Å². The van der Waals surface area contributed by atoms with Crippen molar-refractivity contribution in [1.29, 1.82) is 0 Å². The van der Waals surface area contributed by atoms with E-state index in [1.54, 1.807) is 13.0 Å². The number of benzene rings is 1. The van der Waals surface area contributed by atoms with Crippen molar-refractivity contribution in [3.8, 4) is 11.5 Å². The summed E-state index contributed by atoms with van der Waals surface area (Å²) in [5, 5.41) is 9.37. The Kier molecular flexibility index (Phi) is 4.80. The summed E-state index contributed by atoms with van der Waals surface area (Å²) in [6, 6.07) is 4.01. The number of ether oxygens (including phenoxy) is 1. The third-order valence-corrected chi connectivity index (χ3v) is 2.20. The Morgan fingerprint density at radius 2 is 2.06 bits per heavy atom. The summed E-state index contributed by atoms with van der Waals surface area (Å²) in [4.78, 5) is 4.34. The second-order valence-corrected chi connectivity index (χ2v) is 3.67. The van der Waals surface area contributed by atoms with Gasteiger partial charge in [-0.1, -0.05) is 6.07 Å². The molecule has 1 atom stereocenters. The maximum atomic E-state index is 11.9. The lowest BCUT2D eigenvalue weighted by molar-refractivity contribution is -0.192. The molecule has 7 heteroatoms. The van der Waals surface area contributed by atoms with Gasteiger partial charge in [0.05, 0.1) is 13.2 Å². The second kappa shape index (κ2) is 5.92. The topological polar surface area (TPSA) is 50.7 Å². The first-order chi connectivity index (χ1) is 8.33. The van der Waals surface area contributed by atoms with Crippen molar-refractivity contribution in [3.63, 3.8) is 0 Å². The lowest BCUT2D eigenvalue weighted by Crippen LogP contribution is -2.26. The molecule has 0 spiro atoms. The summed E-state index contributed by atoms with van der Waals surface area (Å²) >= 11 is 0. The molecule has 0 radical (unpaired) electrons. The Hall–Kier alpha value is -1.47. The summed E-state index contributed by atoms with van der Waals surface area (Å²) in [6.45, 7) is 0.259. The van der Waals surface area contributed by atoms with Gasteiger partial charge in [-0.05, 0) is 24.6 Å². The van der Waals surface area contributed by atoms with E-state index < -0.39 is 18.8 Å². The van der Waals surface area contributed by atoms with Crippen molar-refractivity contribution in [2.24, 2.45) is 0 Å². The van der Waals surface area contributed by atoms with E-state index in [9.17, 15) is 18.3 Å². The highest BCUT2D eigenvalue weighted by atomic mass is 19.4. The van der Waals surface area contributed by atoms with E-state index in [-0.39, 0.29) is 11.5 Å². The first-order valence-corrected chi connectivity index (χ1v) is 5.14. The van der Waals surface area contributed by atoms with Crippen LogP contribution in [0.15, 0.2) is 18.2 Å². The van der Waals surface area contributed by atoms with E-state index in [1.807, 2.05) is 0 Å². The molecule has 0 saturated carbocycles. The van der Waals surface area contributed by atoms with Gasteiger partial charge in [-0.25, -0.2) is 0 Å². The highest BCUT2D eigenvalue weighted by Crippen LogP contribution is 2.28. The van der Waals surface area contributed by atoms with Gasteiger partial charge in [-0.3, -0.25) is 4.84 Å². The molecule has 102 valence electrons. The predicted molar refractivity (Wildman–Crippen MR) is 58.2 cm³/mol. The smallest absolute Gasteiger partial charge is 0.413 e. The van der Waals surface area contributed by atoms with Crippen molar-refractivity contribution in [2.45, 2.75) is 19.1 Å². The zero-order valence-corrected chi connectivity index (χ0v) is 9.91. The number of hydrogen-bond acceptors (Lipinski definition) is 4. The van der Waals surface area contributed by atoms with E-state index in [4.69, 9.17) is 4.74 Å². The van der Waals surface area contributed by atoms with Crippen LogP contribution in [0.1, 0.15) is 18.5 Å². The van der Waals surface area contributed by atoms with Gasteiger partial charge in [0.25, 0.3) is 0 Å². The Morgan fingerprint density at radius 1 is 1.39 bits per heavy atom. The number of rotatable bonds is 5. The van der Waals surface area contributed by atoms with Crippen LogP contribution in [-0.2, 0) is 4.84 Å². The van der Waals surface area contributed by atoms with E-state index in [1.165, 1.54) is 19.2 Å². The molecule has 0 fully saturated rings. The van der Waals surface area contributed by atoms with Crippen LogP contribution in [0.25, 0.3) is 0 Å². The van der Waals surface area contributed by atoms with E-state index >= 15 is 0 Å². The lowest BCUT2D eigenvalue weighted by atomic mass is 10.1. The van der Waals surface area contributed by atoms with Crippen molar-refractivity contribution in [1.82, 2.24) is 5.48 Å². The quantitative estimate of drug-likeness (QED) is 0.803. The average molecular weight is 265 g/mol. The molecule has 18 heavy (non-hydrogen) atoms. The van der Waals surface area contributed by atoms with Crippen LogP contribution in [-0.4, -0.2) is 25.0 Å². The normalized spacial score (nSPS) is 13.4. The van der Waals surface area contributed by atoms with Crippen LogP contribution in [0.3, 0.4) is 0 Å². The van der Waals surface area contributed by atoms with Gasteiger partial charge < -0.3 is 9.84 Å². The Morgan fingerprint density at radius 3 is 2.61 bits per heavy atom. The molecular formula is C11H14F3NO3. The van der Waals surface area contributed by atoms with Crippen LogP contribution >= 0.6 is 0 Å². The number of aromatic hydroxyl groups is 1. The van der Waals surface area contributed by atoms with Gasteiger partial charge in [-0.15, -0.1) is 0 Å². The number of alkyl halides is 3. The maximum Gasteiger partial charge on any atom is 0.413 e. The zero-order chi connectivity index (χ0) is 13.8. The van der Waals surface area contributed by atoms with Crippen LogP contribution in [0.4, 0.5) is 13.2 Å². The molecule has 1 aromatic rings. The van der Waals surface area contributed by atoms with E-state index in [0.29, 0.717) is 5.56 Å². The van der Waals surface area contributed by atoms with Gasteiger partial charge in [0.1, 0.15) is 0 Å². The standard InChI is InChI=1S/C11H14F3NO3/c1-7(15-18-6-11(12,13)14)8-3-4-9(16)10(5-8)17-2/h3-5,7,15-16H,6H2,1-2H3. The van der Waals surface area contributed by atoms with Crippen LogP contribution < -0.4 is 10.2 Å². The van der Waals surface area contributed by atoms with Crippen LogP contribution in [0.5, 0.6) is 11.5 Å². The number of nitrogens with one attached hydrogen (secondary N) is 1. The van der Waals surface area contributed by atoms with Crippen molar-refractivity contribution >= 4 is 0 Å². The molecule has 0 aromatic heterocycles. The van der Waals surface area contributed by atoms with Crippen LogP contribution in [0.2, 0.25) is 0 Å². The fourth-order valence-corrected chi connectivity index (χ4v) is 1.28. The van der Waals surface area contributed by atoms with Crippen molar-refractivity contribution in [2.75, 3.05) is 13.7 Å². The highest BCUT2D eigenvalue weighted by Gasteiger charge is 2.28. The molecule has 0 bridgehead atoms. The minimum absolute atomic E-state index is 0.0374. The molecule has 0 heterocycles. The molecule has 0 saturated heterocycles. The van der Waals surface area contributed by atoms with Gasteiger partial charge in [0.15, 0.2) is 18.1 Å². The maximum absolute atomic E-state index is 11.9. The number of hydroxylamine groups is 1. The highest BCUT2D eigenvalue weighted by molar-refractivity contribution is 5.42. The Balaban J connectivity index is 2.59. The minimum Gasteiger partial charge on any atom is -0.504 e. The summed E-state index contributed by atoms with van der Waals surface area (Å²) in [7, 11) is 1.39. The van der Waals surface area contributed by atoms with Crippen LogP contribution in [0, 0.1) is 0 Å². The summed E-state index contributed by atoms with van der Waals surface area (Å²) < 4.78 is 40.5. The number of phenols is 1. The van der Waals surface area contributed by atoms with Crippen molar-refractivity contribution < 1.29 is 27.9 Å². The fraction of sp³-hybridized carbons (Fsp3) is 0.455. The minimum atomic E-state index is -4.38. The molecule has 0 aliphatic rings. The summed E-state index contributed by atoms with van der Waals surface area (Å²) in [6.07, 6.45) is -4.38. The molecule has 1 unspecified atom stereocenters. The first kappa shape index (κ1) is 14.6. The first-order valence-electron chi connectivity index (χ1n) is 5.14. The number of phenolic OH excluding ortho intramolecular Hbond substituents is 1. The van der Waals surface area contributed by atoms with E-state index in [2.05, 4.69) is 10.3 Å². The number of hydrogen-bond donors (Lipinski definition) is 2. The predicted octanol–water partition coefficient (Wildman–Crippen LogP) is 2.55. The third kappa shape index (κ3) is 4.42. The largest absolute Gasteiger partial charge is 0.504 e. The molecule has 1 rings (SSSR count).